The molecule has 1 heterocycles. The first-order valence-corrected chi connectivity index (χ1v) is 4.93. The lowest BCUT2D eigenvalue weighted by Gasteiger charge is -2.17. The summed E-state index contributed by atoms with van der Waals surface area (Å²) in [4.78, 5) is 0. The standard InChI is InChI=1S/C11H16N2/c1-10-4-6-11(7-5-10)12-13-8-2-3-9-13/h4-7,12H,2-3,8-9H2,1H3. The van der Waals surface area contributed by atoms with Crippen LogP contribution in [0.3, 0.4) is 0 Å². The van der Waals surface area contributed by atoms with Crippen molar-refractivity contribution in [3.05, 3.63) is 29.8 Å². The molecule has 1 aromatic carbocycles. The Labute approximate surface area is 79.5 Å². The minimum absolute atomic E-state index is 1.17. The Kier molecular flexibility index (Phi) is 2.50. The van der Waals surface area contributed by atoms with Crippen LogP contribution in [0.5, 0.6) is 0 Å². The number of aryl methyl sites for hydroxylation is 1. The van der Waals surface area contributed by atoms with Gasteiger partial charge in [-0.05, 0) is 31.9 Å². The Morgan fingerprint density at radius 3 is 2.31 bits per heavy atom. The molecule has 70 valence electrons. The average Bonchev–Trinajstić information content (AvgIpc) is 2.62. The summed E-state index contributed by atoms with van der Waals surface area (Å²) in [6.07, 6.45) is 2.64. The first-order valence-electron chi connectivity index (χ1n) is 4.93. The van der Waals surface area contributed by atoms with Crippen LogP contribution in [0.15, 0.2) is 24.3 Å². The van der Waals surface area contributed by atoms with E-state index in [-0.39, 0.29) is 0 Å². The monoisotopic (exact) mass is 176 g/mol. The molecule has 1 aliphatic heterocycles. The first kappa shape index (κ1) is 8.57. The second-order valence-corrected chi connectivity index (χ2v) is 3.67. The number of hydrogen-bond donors (Lipinski definition) is 1. The molecule has 1 aliphatic rings. The number of nitrogens with one attached hydrogen (secondary N) is 1. The second kappa shape index (κ2) is 3.79. The van der Waals surface area contributed by atoms with Crippen LogP contribution in [-0.2, 0) is 0 Å². The molecular weight excluding hydrogens is 160 g/mol. The Bertz CT molecular complexity index is 260. The van der Waals surface area contributed by atoms with Crippen LogP contribution >= 0.6 is 0 Å². The van der Waals surface area contributed by atoms with E-state index in [0.29, 0.717) is 0 Å². The number of hydrazine groups is 1. The van der Waals surface area contributed by atoms with E-state index in [1.54, 1.807) is 0 Å². The molecule has 0 aromatic heterocycles. The zero-order valence-electron chi connectivity index (χ0n) is 8.09. The molecule has 13 heavy (non-hydrogen) atoms. The molecule has 1 N–H and O–H groups in total. The maximum absolute atomic E-state index is 3.40. The zero-order chi connectivity index (χ0) is 9.10. The summed E-state index contributed by atoms with van der Waals surface area (Å²) in [5.41, 5.74) is 5.91. The summed E-state index contributed by atoms with van der Waals surface area (Å²) in [7, 11) is 0. The third-order valence-corrected chi connectivity index (χ3v) is 2.44. The van der Waals surface area contributed by atoms with Crippen LogP contribution in [-0.4, -0.2) is 18.1 Å². The fraction of sp³-hybridized carbons (Fsp3) is 0.455. The van der Waals surface area contributed by atoms with Crippen LogP contribution in [0.2, 0.25) is 0 Å². The Morgan fingerprint density at radius 2 is 1.69 bits per heavy atom. The maximum atomic E-state index is 3.40. The van der Waals surface area contributed by atoms with E-state index in [1.807, 2.05) is 0 Å². The van der Waals surface area contributed by atoms with Crippen molar-refractivity contribution in [3.8, 4) is 0 Å². The summed E-state index contributed by atoms with van der Waals surface area (Å²) in [5, 5.41) is 2.28. The van der Waals surface area contributed by atoms with Gasteiger partial charge in [0.05, 0.1) is 0 Å². The Morgan fingerprint density at radius 1 is 1.08 bits per heavy atom. The van der Waals surface area contributed by atoms with Crippen molar-refractivity contribution in [2.45, 2.75) is 19.8 Å². The number of nitrogens with zero attached hydrogens (tertiary/aromatic N) is 1. The van der Waals surface area contributed by atoms with Crippen molar-refractivity contribution in [2.24, 2.45) is 0 Å². The number of benzene rings is 1. The van der Waals surface area contributed by atoms with E-state index in [4.69, 9.17) is 0 Å². The lowest BCUT2D eigenvalue weighted by atomic mass is 10.2. The van der Waals surface area contributed by atoms with Gasteiger partial charge in [0.2, 0.25) is 0 Å². The SMILES string of the molecule is Cc1ccc(NN2CCCC2)cc1. The van der Waals surface area contributed by atoms with E-state index in [1.165, 1.54) is 37.2 Å². The highest BCUT2D eigenvalue weighted by Crippen LogP contribution is 2.13. The van der Waals surface area contributed by atoms with Gasteiger partial charge in [-0.15, -0.1) is 0 Å². The number of hydrogen-bond acceptors (Lipinski definition) is 2. The molecule has 0 radical (unpaired) electrons. The van der Waals surface area contributed by atoms with Gasteiger partial charge in [-0.25, -0.2) is 5.01 Å². The zero-order valence-corrected chi connectivity index (χ0v) is 8.09. The molecule has 1 fully saturated rings. The van der Waals surface area contributed by atoms with Gasteiger partial charge in [0, 0.05) is 18.8 Å². The number of anilines is 1. The predicted octanol–water partition coefficient (Wildman–Crippen LogP) is 2.42. The molecule has 1 saturated heterocycles. The van der Waals surface area contributed by atoms with E-state index < -0.39 is 0 Å². The first-order chi connectivity index (χ1) is 6.34. The molecule has 0 aliphatic carbocycles. The van der Waals surface area contributed by atoms with Gasteiger partial charge in [-0.1, -0.05) is 17.7 Å². The largest absolute Gasteiger partial charge is 0.319 e. The highest BCUT2D eigenvalue weighted by atomic mass is 15.5. The minimum Gasteiger partial charge on any atom is -0.319 e. The molecule has 0 amide bonds. The summed E-state index contributed by atoms with van der Waals surface area (Å²) in [5.74, 6) is 0. The quantitative estimate of drug-likeness (QED) is 0.744. The third kappa shape index (κ3) is 2.22. The van der Waals surface area contributed by atoms with Crippen molar-refractivity contribution in [1.82, 2.24) is 5.01 Å². The van der Waals surface area contributed by atoms with E-state index in [0.717, 1.165) is 0 Å². The molecule has 1 aromatic rings. The van der Waals surface area contributed by atoms with Crippen LogP contribution in [0.25, 0.3) is 0 Å². The second-order valence-electron chi connectivity index (χ2n) is 3.67. The van der Waals surface area contributed by atoms with Gasteiger partial charge < -0.3 is 5.43 Å². The molecule has 0 bridgehead atoms. The molecule has 0 atom stereocenters. The topological polar surface area (TPSA) is 15.3 Å². The molecule has 2 nitrogen and oxygen atoms in total. The van der Waals surface area contributed by atoms with E-state index in [2.05, 4.69) is 41.6 Å². The third-order valence-electron chi connectivity index (χ3n) is 2.44. The fourth-order valence-electron chi connectivity index (χ4n) is 1.64. The van der Waals surface area contributed by atoms with E-state index >= 15 is 0 Å². The molecule has 2 heteroatoms. The molecule has 0 spiro atoms. The Balaban J connectivity index is 1.97. The van der Waals surface area contributed by atoms with Crippen LogP contribution in [0, 0.1) is 6.92 Å². The highest BCUT2D eigenvalue weighted by molar-refractivity contribution is 5.43. The molecule has 0 unspecified atom stereocenters. The van der Waals surface area contributed by atoms with Crippen molar-refractivity contribution < 1.29 is 0 Å². The molecule has 0 saturated carbocycles. The predicted molar refractivity (Wildman–Crippen MR) is 55.6 cm³/mol. The normalized spacial score (nSPS) is 17.6. The van der Waals surface area contributed by atoms with Crippen molar-refractivity contribution in [1.29, 1.82) is 0 Å². The summed E-state index contributed by atoms with van der Waals surface area (Å²) in [6.45, 7) is 4.46. The average molecular weight is 176 g/mol. The minimum atomic E-state index is 1.17. The smallest absolute Gasteiger partial charge is 0.0490 e. The lowest BCUT2D eigenvalue weighted by Crippen LogP contribution is -2.25. The fourth-order valence-corrected chi connectivity index (χ4v) is 1.64. The van der Waals surface area contributed by atoms with Crippen LogP contribution in [0.1, 0.15) is 18.4 Å². The Hall–Kier alpha value is -1.02. The van der Waals surface area contributed by atoms with Crippen molar-refractivity contribution in [2.75, 3.05) is 18.5 Å². The van der Waals surface area contributed by atoms with Gasteiger partial charge in [0.1, 0.15) is 0 Å². The van der Waals surface area contributed by atoms with Crippen LogP contribution < -0.4 is 5.43 Å². The summed E-state index contributed by atoms with van der Waals surface area (Å²) in [6, 6.07) is 8.54. The molecular formula is C11H16N2. The summed E-state index contributed by atoms with van der Waals surface area (Å²) >= 11 is 0. The lowest BCUT2D eigenvalue weighted by molar-refractivity contribution is 0.410. The van der Waals surface area contributed by atoms with Gasteiger partial charge in [-0.3, -0.25) is 0 Å². The van der Waals surface area contributed by atoms with Gasteiger partial charge >= 0.3 is 0 Å². The summed E-state index contributed by atoms with van der Waals surface area (Å²) < 4.78 is 0. The van der Waals surface area contributed by atoms with E-state index in [9.17, 15) is 0 Å². The van der Waals surface area contributed by atoms with Gasteiger partial charge in [0.25, 0.3) is 0 Å². The van der Waals surface area contributed by atoms with Crippen molar-refractivity contribution >= 4 is 5.69 Å². The van der Waals surface area contributed by atoms with Gasteiger partial charge in [-0.2, -0.15) is 0 Å². The maximum Gasteiger partial charge on any atom is 0.0490 e. The number of rotatable bonds is 2. The molecule has 2 rings (SSSR count). The van der Waals surface area contributed by atoms with Gasteiger partial charge in [0.15, 0.2) is 0 Å². The van der Waals surface area contributed by atoms with Crippen LogP contribution in [0.4, 0.5) is 5.69 Å². The highest BCUT2D eigenvalue weighted by Gasteiger charge is 2.10. The van der Waals surface area contributed by atoms with Crippen molar-refractivity contribution in [3.63, 3.8) is 0 Å².